The Labute approximate surface area is 105 Å². The molecule has 1 saturated heterocycles. The second-order valence-corrected chi connectivity index (χ2v) is 5.19. The lowest BCUT2D eigenvalue weighted by Gasteiger charge is -2.36. The first-order chi connectivity index (χ1) is 8.19. The fourth-order valence-corrected chi connectivity index (χ4v) is 2.73. The normalized spacial score (nSPS) is 24.8. The van der Waals surface area contributed by atoms with E-state index in [9.17, 15) is 0 Å². The first-order valence-electron chi connectivity index (χ1n) is 6.58. The van der Waals surface area contributed by atoms with E-state index < -0.39 is 0 Å². The maximum absolute atomic E-state index is 5.54. The summed E-state index contributed by atoms with van der Waals surface area (Å²) in [5, 5.41) is 0. The molecule has 1 aromatic carbocycles. The molecule has 0 amide bonds. The van der Waals surface area contributed by atoms with Gasteiger partial charge in [0.2, 0.25) is 0 Å². The van der Waals surface area contributed by atoms with Gasteiger partial charge in [-0.1, -0.05) is 13.8 Å². The summed E-state index contributed by atoms with van der Waals surface area (Å²) in [6.45, 7) is 9.66. The van der Waals surface area contributed by atoms with Crippen molar-refractivity contribution >= 4 is 5.69 Å². The molecule has 1 aliphatic rings. The monoisotopic (exact) mass is 232 g/mol. The SMILES string of the molecule is CCOc1cc[c]c(N2CC(C)CC(C)C2)c1. The molecule has 17 heavy (non-hydrogen) atoms. The Morgan fingerprint density at radius 1 is 1.35 bits per heavy atom. The minimum absolute atomic E-state index is 0.719. The molecule has 2 atom stereocenters. The van der Waals surface area contributed by atoms with Crippen molar-refractivity contribution in [2.24, 2.45) is 11.8 Å². The van der Waals surface area contributed by atoms with Crippen molar-refractivity contribution in [1.82, 2.24) is 0 Å². The van der Waals surface area contributed by atoms with Gasteiger partial charge in [0.05, 0.1) is 6.61 Å². The molecule has 1 aliphatic heterocycles. The van der Waals surface area contributed by atoms with Crippen LogP contribution in [0.5, 0.6) is 5.75 Å². The summed E-state index contributed by atoms with van der Waals surface area (Å²) in [5.41, 5.74) is 1.18. The van der Waals surface area contributed by atoms with Crippen LogP contribution in [0.1, 0.15) is 27.2 Å². The Balaban J connectivity index is 2.12. The highest BCUT2D eigenvalue weighted by Crippen LogP contribution is 2.28. The van der Waals surface area contributed by atoms with Gasteiger partial charge in [0.1, 0.15) is 5.75 Å². The summed E-state index contributed by atoms with van der Waals surface area (Å²) in [6, 6.07) is 9.37. The summed E-state index contributed by atoms with van der Waals surface area (Å²) in [4.78, 5) is 2.43. The lowest BCUT2D eigenvalue weighted by Crippen LogP contribution is -2.38. The molecule has 1 heterocycles. The van der Waals surface area contributed by atoms with E-state index in [0.717, 1.165) is 37.3 Å². The highest BCUT2D eigenvalue weighted by atomic mass is 16.5. The first-order valence-corrected chi connectivity index (χ1v) is 6.58. The predicted octanol–water partition coefficient (Wildman–Crippen LogP) is 3.37. The molecule has 0 spiro atoms. The third-order valence-corrected chi connectivity index (χ3v) is 3.28. The minimum atomic E-state index is 0.719. The third-order valence-electron chi connectivity index (χ3n) is 3.28. The molecule has 0 saturated carbocycles. The highest BCUT2D eigenvalue weighted by molar-refractivity contribution is 5.50. The van der Waals surface area contributed by atoms with Crippen molar-refractivity contribution < 1.29 is 4.74 Å². The molecule has 2 rings (SSSR count). The molecular weight excluding hydrogens is 210 g/mol. The maximum atomic E-state index is 5.54. The van der Waals surface area contributed by atoms with Crippen molar-refractivity contribution in [3.8, 4) is 5.75 Å². The zero-order valence-corrected chi connectivity index (χ0v) is 11.1. The minimum Gasteiger partial charge on any atom is -0.494 e. The Hall–Kier alpha value is -1.18. The van der Waals surface area contributed by atoms with E-state index in [1.54, 1.807) is 0 Å². The molecule has 2 heteroatoms. The van der Waals surface area contributed by atoms with Gasteiger partial charge in [0, 0.05) is 30.9 Å². The van der Waals surface area contributed by atoms with Gasteiger partial charge in [-0.2, -0.15) is 0 Å². The van der Waals surface area contributed by atoms with Crippen LogP contribution in [0.15, 0.2) is 18.2 Å². The molecule has 1 fully saturated rings. The molecule has 0 N–H and O–H groups in total. The smallest absolute Gasteiger partial charge is 0.121 e. The molecule has 93 valence electrons. The van der Waals surface area contributed by atoms with Gasteiger partial charge in [-0.25, -0.2) is 0 Å². The Morgan fingerprint density at radius 2 is 2.06 bits per heavy atom. The van der Waals surface area contributed by atoms with E-state index in [4.69, 9.17) is 4.74 Å². The molecular formula is C15H22NO. The topological polar surface area (TPSA) is 12.5 Å². The van der Waals surface area contributed by atoms with Crippen molar-refractivity contribution in [2.45, 2.75) is 27.2 Å². The van der Waals surface area contributed by atoms with Crippen molar-refractivity contribution in [2.75, 3.05) is 24.6 Å². The zero-order valence-electron chi connectivity index (χ0n) is 11.1. The molecule has 0 aromatic heterocycles. The summed E-state index contributed by atoms with van der Waals surface area (Å²) in [6.07, 6.45) is 1.33. The summed E-state index contributed by atoms with van der Waals surface area (Å²) < 4.78 is 5.54. The second kappa shape index (κ2) is 5.44. The van der Waals surface area contributed by atoms with Crippen LogP contribution in [-0.4, -0.2) is 19.7 Å². The predicted molar refractivity (Wildman–Crippen MR) is 71.6 cm³/mol. The number of piperidine rings is 1. The molecule has 0 bridgehead atoms. The summed E-state index contributed by atoms with van der Waals surface area (Å²) >= 11 is 0. The van der Waals surface area contributed by atoms with Crippen LogP contribution in [-0.2, 0) is 0 Å². The second-order valence-electron chi connectivity index (χ2n) is 5.19. The van der Waals surface area contributed by atoms with E-state index in [2.05, 4.69) is 30.9 Å². The van der Waals surface area contributed by atoms with Crippen molar-refractivity contribution in [1.29, 1.82) is 0 Å². The molecule has 1 radical (unpaired) electrons. The lowest BCUT2D eigenvalue weighted by atomic mass is 9.91. The quantitative estimate of drug-likeness (QED) is 0.792. The molecule has 2 unspecified atom stereocenters. The van der Waals surface area contributed by atoms with Gasteiger partial charge in [-0.3, -0.25) is 0 Å². The van der Waals surface area contributed by atoms with Gasteiger partial charge in [0.15, 0.2) is 0 Å². The Kier molecular flexibility index (Phi) is 3.93. The van der Waals surface area contributed by atoms with Crippen LogP contribution >= 0.6 is 0 Å². The third kappa shape index (κ3) is 3.15. The number of benzene rings is 1. The van der Waals surface area contributed by atoms with E-state index in [1.807, 2.05) is 19.1 Å². The number of hydrogen-bond acceptors (Lipinski definition) is 2. The number of anilines is 1. The average molecular weight is 232 g/mol. The van der Waals surface area contributed by atoms with Crippen LogP contribution in [0.3, 0.4) is 0 Å². The van der Waals surface area contributed by atoms with Crippen LogP contribution in [0.4, 0.5) is 5.69 Å². The number of nitrogens with zero attached hydrogens (tertiary/aromatic N) is 1. The molecule has 0 aliphatic carbocycles. The van der Waals surface area contributed by atoms with E-state index in [0.29, 0.717) is 0 Å². The largest absolute Gasteiger partial charge is 0.494 e. The lowest BCUT2D eigenvalue weighted by molar-refractivity contribution is 0.338. The fourth-order valence-electron chi connectivity index (χ4n) is 2.73. The maximum Gasteiger partial charge on any atom is 0.121 e. The van der Waals surface area contributed by atoms with Gasteiger partial charge in [0.25, 0.3) is 0 Å². The zero-order chi connectivity index (χ0) is 12.3. The van der Waals surface area contributed by atoms with Crippen LogP contribution in [0.2, 0.25) is 0 Å². The van der Waals surface area contributed by atoms with Gasteiger partial charge in [-0.15, -0.1) is 0 Å². The fraction of sp³-hybridized carbons (Fsp3) is 0.600. The van der Waals surface area contributed by atoms with Crippen molar-refractivity contribution in [3.05, 3.63) is 24.3 Å². The number of hydrogen-bond donors (Lipinski definition) is 0. The van der Waals surface area contributed by atoms with E-state index in [1.165, 1.54) is 12.1 Å². The van der Waals surface area contributed by atoms with Gasteiger partial charge in [-0.05, 0) is 37.3 Å². The summed E-state index contributed by atoms with van der Waals surface area (Å²) in [7, 11) is 0. The van der Waals surface area contributed by atoms with Crippen LogP contribution < -0.4 is 9.64 Å². The van der Waals surface area contributed by atoms with Crippen molar-refractivity contribution in [3.63, 3.8) is 0 Å². The van der Waals surface area contributed by atoms with Gasteiger partial charge < -0.3 is 9.64 Å². The van der Waals surface area contributed by atoms with E-state index >= 15 is 0 Å². The first kappa shape index (κ1) is 12.3. The Bertz CT molecular complexity index is 354. The average Bonchev–Trinajstić information content (AvgIpc) is 2.28. The number of rotatable bonds is 3. The molecule has 1 aromatic rings. The van der Waals surface area contributed by atoms with E-state index in [-0.39, 0.29) is 0 Å². The standard InChI is InChI=1S/C15H22NO/c1-4-17-15-7-5-6-14(9-15)16-10-12(2)8-13(3)11-16/h5,7,9,12-13H,4,8,10-11H2,1-3H3. The Morgan fingerprint density at radius 3 is 2.71 bits per heavy atom. The molecule has 2 nitrogen and oxygen atoms in total. The van der Waals surface area contributed by atoms with Crippen LogP contribution in [0, 0.1) is 17.9 Å². The number of ether oxygens (including phenoxy) is 1. The highest BCUT2D eigenvalue weighted by Gasteiger charge is 2.22. The van der Waals surface area contributed by atoms with Gasteiger partial charge >= 0.3 is 0 Å². The van der Waals surface area contributed by atoms with Crippen LogP contribution in [0.25, 0.3) is 0 Å². The summed E-state index contributed by atoms with van der Waals surface area (Å²) in [5.74, 6) is 2.48.